The summed E-state index contributed by atoms with van der Waals surface area (Å²) < 4.78 is 10.8. The largest absolute Gasteiger partial charge is 0.466 e. The van der Waals surface area contributed by atoms with Crippen LogP contribution in [0.15, 0.2) is 22.8 Å². The van der Waals surface area contributed by atoms with Crippen LogP contribution in [0.3, 0.4) is 0 Å². The zero-order valence-corrected chi connectivity index (χ0v) is 15.2. The van der Waals surface area contributed by atoms with Gasteiger partial charge in [0.25, 0.3) is 5.91 Å². The van der Waals surface area contributed by atoms with Gasteiger partial charge in [-0.1, -0.05) is 0 Å². The van der Waals surface area contributed by atoms with E-state index in [4.69, 9.17) is 9.15 Å². The quantitative estimate of drug-likeness (QED) is 0.756. The third kappa shape index (κ3) is 3.68. The second-order valence-electron chi connectivity index (χ2n) is 6.25. The monoisotopic (exact) mass is 366 g/mol. The molecule has 2 fully saturated rings. The molecule has 8 heteroatoms. The molecule has 7 nitrogen and oxygen atoms in total. The van der Waals surface area contributed by atoms with E-state index in [1.165, 1.54) is 29.8 Å². The molecule has 2 aliphatic heterocycles. The van der Waals surface area contributed by atoms with Gasteiger partial charge < -0.3 is 19.0 Å². The van der Waals surface area contributed by atoms with Crippen LogP contribution < -0.4 is 0 Å². The van der Waals surface area contributed by atoms with Crippen molar-refractivity contribution >= 4 is 29.5 Å². The number of thioether (sulfide) groups is 1. The number of hydrogen-bond donors (Lipinski definition) is 0. The normalized spacial score (nSPS) is 24.4. The maximum Gasteiger partial charge on any atom is 0.330 e. The van der Waals surface area contributed by atoms with Gasteiger partial charge in [-0.3, -0.25) is 9.59 Å². The van der Waals surface area contributed by atoms with Gasteiger partial charge in [-0.05, 0) is 31.9 Å². The van der Waals surface area contributed by atoms with Crippen molar-refractivity contribution in [2.75, 3.05) is 18.8 Å². The van der Waals surface area contributed by atoms with Gasteiger partial charge in [-0.15, -0.1) is 11.8 Å². The summed E-state index contributed by atoms with van der Waals surface area (Å²) in [6, 6.07) is 2.81. The minimum Gasteiger partial charge on any atom is -0.466 e. The fourth-order valence-corrected chi connectivity index (χ4v) is 4.64. The number of esters is 1. The third-order valence-corrected chi connectivity index (χ3v) is 5.76. The van der Waals surface area contributed by atoms with E-state index in [1.807, 2.05) is 0 Å². The first-order valence-corrected chi connectivity index (χ1v) is 9.47. The van der Waals surface area contributed by atoms with Crippen LogP contribution >= 0.6 is 11.8 Å². The lowest BCUT2D eigenvalue weighted by Crippen LogP contribution is -2.46. The molecule has 1 aromatic rings. The molecule has 0 aromatic carbocycles. The molecule has 0 saturated carbocycles. The Bertz CT molecular complexity index is 641. The number of nitrogens with zero attached hydrogens (tertiary/aromatic N) is 2. The Balaban J connectivity index is 1.66. The standard InChI is InChI=1S/C17H22N2O5S/c1-11(15(21)18-7-3-4-8-18)24-17(22)13-10-25-16(19(13)12(2)20)14-6-5-9-23-14/h5-6,9,11,13,16H,3-4,7-8,10H2,1-2H3/t11-,13+,16+/m0/s1. The van der Waals surface area contributed by atoms with Crippen LogP contribution in [0.1, 0.15) is 37.8 Å². The second kappa shape index (κ2) is 7.51. The highest BCUT2D eigenvalue weighted by Gasteiger charge is 2.44. The highest BCUT2D eigenvalue weighted by molar-refractivity contribution is 7.99. The number of carbonyl (C=O) groups is 3. The topological polar surface area (TPSA) is 80.1 Å². The lowest BCUT2D eigenvalue weighted by molar-refractivity contribution is -0.164. The summed E-state index contributed by atoms with van der Waals surface area (Å²) in [5, 5.41) is -0.352. The van der Waals surface area contributed by atoms with Crippen molar-refractivity contribution in [2.45, 2.75) is 44.2 Å². The Labute approximate surface area is 150 Å². The highest BCUT2D eigenvalue weighted by atomic mass is 32.2. The summed E-state index contributed by atoms with van der Waals surface area (Å²) in [6.45, 7) is 4.42. The van der Waals surface area contributed by atoms with Crippen molar-refractivity contribution in [1.29, 1.82) is 0 Å². The number of likely N-dealkylation sites (tertiary alicyclic amines) is 1. The molecule has 1 aromatic heterocycles. The molecule has 2 aliphatic rings. The van der Waals surface area contributed by atoms with Crippen LogP contribution in [0, 0.1) is 0 Å². The van der Waals surface area contributed by atoms with Crippen LogP contribution in [0.2, 0.25) is 0 Å². The van der Waals surface area contributed by atoms with Gasteiger partial charge in [-0.25, -0.2) is 4.79 Å². The fraction of sp³-hybridized carbons (Fsp3) is 0.588. The molecule has 0 spiro atoms. The van der Waals surface area contributed by atoms with Crippen LogP contribution in [-0.2, 0) is 19.1 Å². The van der Waals surface area contributed by atoms with E-state index in [0.29, 0.717) is 24.6 Å². The molecule has 0 unspecified atom stereocenters. The number of hydrogen-bond acceptors (Lipinski definition) is 6. The molecule has 0 radical (unpaired) electrons. The Hall–Kier alpha value is -1.96. The summed E-state index contributed by atoms with van der Waals surface area (Å²) in [7, 11) is 0. The summed E-state index contributed by atoms with van der Waals surface area (Å²) >= 11 is 1.45. The Morgan fingerprint density at radius 1 is 1.32 bits per heavy atom. The first-order chi connectivity index (χ1) is 12.0. The Morgan fingerprint density at radius 2 is 2.04 bits per heavy atom. The molecular formula is C17H22N2O5S. The van der Waals surface area contributed by atoms with E-state index in [-0.39, 0.29) is 17.2 Å². The van der Waals surface area contributed by atoms with Crippen LogP contribution in [-0.4, -0.2) is 58.6 Å². The molecule has 0 bridgehead atoms. The van der Waals surface area contributed by atoms with Crippen molar-refractivity contribution in [1.82, 2.24) is 9.80 Å². The molecular weight excluding hydrogens is 344 g/mol. The van der Waals surface area contributed by atoms with E-state index in [2.05, 4.69) is 0 Å². The molecule has 0 aliphatic carbocycles. The lowest BCUT2D eigenvalue weighted by Gasteiger charge is -2.27. The number of amides is 2. The number of carbonyl (C=O) groups excluding carboxylic acids is 3. The van der Waals surface area contributed by atoms with Gasteiger partial charge in [0.05, 0.1) is 6.26 Å². The highest BCUT2D eigenvalue weighted by Crippen LogP contribution is 2.41. The van der Waals surface area contributed by atoms with Gasteiger partial charge in [0.2, 0.25) is 5.91 Å². The van der Waals surface area contributed by atoms with Crippen LogP contribution in [0.5, 0.6) is 0 Å². The van der Waals surface area contributed by atoms with E-state index < -0.39 is 18.1 Å². The van der Waals surface area contributed by atoms with Gasteiger partial charge in [0.15, 0.2) is 6.10 Å². The predicted octanol–water partition coefficient (Wildman–Crippen LogP) is 1.80. The smallest absolute Gasteiger partial charge is 0.330 e. The second-order valence-corrected chi connectivity index (χ2v) is 7.37. The summed E-state index contributed by atoms with van der Waals surface area (Å²) in [5.74, 6) is 0.0860. The predicted molar refractivity (Wildman–Crippen MR) is 91.6 cm³/mol. The maximum atomic E-state index is 12.6. The molecule has 3 atom stereocenters. The summed E-state index contributed by atoms with van der Waals surface area (Å²) in [6.07, 6.45) is 2.66. The molecule has 136 valence electrons. The molecule has 3 rings (SSSR count). The van der Waals surface area contributed by atoms with E-state index in [0.717, 1.165) is 12.8 Å². The van der Waals surface area contributed by atoms with E-state index in [9.17, 15) is 14.4 Å². The third-order valence-electron chi connectivity index (χ3n) is 4.48. The van der Waals surface area contributed by atoms with Crippen molar-refractivity contribution in [2.24, 2.45) is 0 Å². The SMILES string of the molecule is CC(=O)N1[C@@H](C(=O)O[C@@H](C)C(=O)N2CCCC2)CS[C@@H]1c1ccco1. The fourth-order valence-electron chi connectivity index (χ4n) is 3.22. The Kier molecular flexibility index (Phi) is 5.36. The molecule has 2 amide bonds. The number of ether oxygens (including phenoxy) is 1. The average Bonchev–Trinajstić information content (AvgIpc) is 3.33. The maximum absolute atomic E-state index is 12.6. The first kappa shape index (κ1) is 17.8. The molecule has 2 saturated heterocycles. The van der Waals surface area contributed by atoms with Crippen molar-refractivity contribution in [3.05, 3.63) is 24.2 Å². The zero-order chi connectivity index (χ0) is 18.0. The summed E-state index contributed by atoms with van der Waals surface area (Å²) in [5.41, 5.74) is 0. The zero-order valence-electron chi connectivity index (χ0n) is 14.3. The molecule has 3 heterocycles. The number of rotatable bonds is 4. The van der Waals surface area contributed by atoms with Gasteiger partial charge in [-0.2, -0.15) is 0 Å². The minimum absolute atomic E-state index is 0.173. The summed E-state index contributed by atoms with van der Waals surface area (Å²) in [4.78, 5) is 40.2. The molecule has 0 N–H and O–H groups in total. The van der Waals surface area contributed by atoms with Crippen molar-refractivity contribution in [3.8, 4) is 0 Å². The Morgan fingerprint density at radius 3 is 2.64 bits per heavy atom. The van der Waals surface area contributed by atoms with Gasteiger partial charge >= 0.3 is 5.97 Å². The van der Waals surface area contributed by atoms with Crippen LogP contribution in [0.4, 0.5) is 0 Å². The van der Waals surface area contributed by atoms with Crippen LogP contribution in [0.25, 0.3) is 0 Å². The first-order valence-electron chi connectivity index (χ1n) is 8.42. The minimum atomic E-state index is -0.841. The van der Waals surface area contributed by atoms with Gasteiger partial charge in [0.1, 0.15) is 17.2 Å². The average molecular weight is 366 g/mol. The lowest BCUT2D eigenvalue weighted by atomic mass is 10.2. The van der Waals surface area contributed by atoms with E-state index >= 15 is 0 Å². The van der Waals surface area contributed by atoms with Crippen molar-refractivity contribution in [3.63, 3.8) is 0 Å². The van der Waals surface area contributed by atoms with Crippen molar-refractivity contribution < 1.29 is 23.5 Å². The molecule has 25 heavy (non-hydrogen) atoms. The van der Waals surface area contributed by atoms with Gasteiger partial charge in [0, 0.05) is 25.8 Å². The van der Waals surface area contributed by atoms with E-state index in [1.54, 1.807) is 24.0 Å². The number of furan rings is 1.